The van der Waals surface area contributed by atoms with Crippen LogP contribution < -0.4 is 10.2 Å². The number of anilines is 2. The number of pyridine rings is 1. The van der Waals surface area contributed by atoms with E-state index in [1.165, 1.54) is 5.56 Å². The Morgan fingerprint density at radius 1 is 1.30 bits per heavy atom. The number of aryl methyl sites for hydroxylation is 1. The number of H-pyrrole nitrogens is 1. The number of nitrogens with zero attached hydrogens (tertiary/aromatic N) is 3. The Kier molecular flexibility index (Phi) is 3.83. The summed E-state index contributed by atoms with van der Waals surface area (Å²) in [4.78, 5) is 6.75. The minimum atomic E-state index is 0.751. The monoisotopic (exact) mass is 273 g/mol. The zero-order valence-corrected chi connectivity index (χ0v) is 11.6. The summed E-state index contributed by atoms with van der Waals surface area (Å²) in [5.74, 6) is 1.01. The summed E-state index contributed by atoms with van der Waals surface area (Å²) >= 11 is 0. The highest BCUT2D eigenvalue weighted by Gasteiger charge is 2.11. The molecule has 2 N–H and O–H groups in total. The highest BCUT2D eigenvalue weighted by Crippen LogP contribution is 2.16. The van der Waals surface area contributed by atoms with Gasteiger partial charge in [0.15, 0.2) is 0 Å². The van der Waals surface area contributed by atoms with Crippen molar-refractivity contribution in [1.82, 2.24) is 15.2 Å². The molecular formula is C14H19N5O. The molecule has 6 heteroatoms. The van der Waals surface area contributed by atoms with Crippen LogP contribution in [0.1, 0.15) is 11.3 Å². The number of nitrogens with one attached hydrogen (secondary N) is 2. The molecule has 0 saturated carbocycles. The molecule has 0 spiro atoms. The standard InChI is InChI=1S/C14H19N5O/c1-11-12(9-17-18-11)8-15-13-2-3-14(16-10-13)19-4-6-20-7-5-19/h2-3,9-10,15H,4-8H2,1H3,(H,17,18). The van der Waals surface area contributed by atoms with Gasteiger partial charge >= 0.3 is 0 Å². The largest absolute Gasteiger partial charge is 0.380 e. The fourth-order valence-electron chi connectivity index (χ4n) is 2.22. The van der Waals surface area contributed by atoms with Crippen molar-refractivity contribution in [2.75, 3.05) is 36.5 Å². The molecule has 1 aliphatic heterocycles. The second-order valence-corrected chi connectivity index (χ2v) is 4.88. The molecule has 6 nitrogen and oxygen atoms in total. The van der Waals surface area contributed by atoms with E-state index in [0.717, 1.165) is 50.0 Å². The van der Waals surface area contributed by atoms with Crippen LogP contribution in [0.15, 0.2) is 24.5 Å². The Morgan fingerprint density at radius 3 is 2.80 bits per heavy atom. The van der Waals surface area contributed by atoms with Gasteiger partial charge in [-0.1, -0.05) is 0 Å². The zero-order chi connectivity index (χ0) is 13.8. The maximum atomic E-state index is 5.35. The molecule has 1 fully saturated rings. The SMILES string of the molecule is Cc1[nH]ncc1CNc1ccc(N2CCOCC2)nc1. The minimum Gasteiger partial charge on any atom is -0.380 e. The lowest BCUT2D eigenvalue weighted by atomic mass is 10.2. The quantitative estimate of drug-likeness (QED) is 0.885. The summed E-state index contributed by atoms with van der Waals surface area (Å²) in [6.45, 7) is 6.15. The Hall–Kier alpha value is -2.08. The van der Waals surface area contributed by atoms with Gasteiger partial charge in [0.2, 0.25) is 0 Å². The van der Waals surface area contributed by atoms with Crippen LogP contribution in [0, 0.1) is 6.92 Å². The van der Waals surface area contributed by atoms with Crippen molar-refractivity contribution in [3.8, 4) is 0 Å². The van der Waals surface area contributed by atoms with Crippen molar-refractivity contribution in [3.05, 3.63) is 35.8 Å². The van der Waals surface area contributed by atoms with Crippen molar-refractivity contribution in [2.45, 2.75) is 13.5 Å². The fourth-order valence-corrected chi connectivity index (χ4v) is 2.22. The van der Waals surface area contributed by atoms with Gasteiger partial charge in [-0.25, -0.2) is 4.98 Å². The van der Waals surface area contributed by atoms with Crippen molar-refractivity contribution < 1.29 is 4.74 Å². The van der Waals surface area contributed by atoms with E-state index in [1.807, 2.05) is 19.3 Å². The first-order valence-electron chi connectivity index (χ1n) is 6.84. The van der Waals surface area contributed by atoms with Gasteiger partial charge in [-0.3, -0.25) is 5.10 Å². The molecule has 1 saturated heterocycles. The van der Waals surface area contributed by atoms with Gasteiger partial charge in [0.05, 0.1) is 31.3 Å². The number of morpholine rings is 1. The van der Waals surface area contributed by atoms with Crippen LogP contribution in [0.5, 0.6) is 0 Å². The summed E-state index contributed by atoms with van der Waals surface area (Å²) in [5, 5.41) is 10.3. The molecular weight excluding hydrogens is 254 g/mol. The molecule has 0 unspecified atom stereocenters. The van der Waals surface area contributed by atoms with Crippen LogP contribution >= 0.6 is 0 Å². The van der Waals surface area contributed by atoms with Crippen LogP contribution in [0.4, 0.5) is 11.5 Å². The number of hydrogen-bond donors (Lipinski definition) is 2. The first-order chi connectivity index (χ1) is 9.83. The number of ether oxygens (including phenoxy) is 1. The molecule has 3 heterocycles. The van der Waals surface area contributed by atoms with E-state index in [2.05, 4.69) is 37.5 Å². The lowest BCUT2D eigenvalue weighted by molar-refractivity contribution is 0.122. The van der Waals surface area contributed by atoms with E-state index < -0.39 is 0 Å². The summed E-state index contributed by atoms with van der Waals surface area (Å²) in [5.41, 5.74) is 3.28. The van der Waals surface area contributed by atoms with Crippen molar-refractivity contribution in [3.63, 3.8) is 0 Å². The second-order valence-electron chi connectivity index (χ2n) is 4.88. The third kappa shape index (κ3) is 2.91. The predicted molar refractivity (Wildman–Crippen MR) is 77.9 cm³/mol. The summed E-state index contributed by atoms with van der Waals surface area (Å²) in [6, 6.07) is 4.11. The molecule has 0 bridgehead atoms. The third-order valence-electron chi connectivity index (χ3n) is 3.50. The molecule has 20 heavy (non-hydrogen) atoms. The maximum Gasteiger partial charge on any atom is 0.128 e. The molecule has 0 aromatic carbocycles. The molecule has 0 atom stereocenters. The van der Waals surface area contributed by atoms with E-state index in [9.17, 15) is 0 Å². The van der Waals surface area contributed by atoms with E-state index in [1.54, 1.807) is 0 Å². The van der Waals surface area contributed by atoms with Gasteiger partial charge in [-0.15, -0.1) is 0 Å². The molecule has 0 aliphatic carbocycles. The molecule has 3 rings (SSSR count). The summed E-state index contributed by atoms with van der Waals surface area (Å²) < 4.78 is 5.35. The number of aromatic amines is 1. The first-order valence-corrected chi connectivity index (χ1v) is 6.84. The second kappa shape index (κ2) is 5.92. The third-order valence-corrected chi connectivity index (χ3v) is 3.50. The number of rotatable bonds is 4. The summed E-state index contributed by atoms with van der Waals surface area (Å²) in [7, 11) is 0. The zero-order valence-electron chi connectivity index (χ0n) is 11.6. The first kappa shape index (κ1) is 12.9. The molecule has 106 valence electrons. The van der Waals surface area contributed by atoms with Crippen LogP contribution in [0.3, 0.4) is 0 Å². The Labute approximate surface area is 118 Å². The summed E-state index contributed by atoms with van der Waals surface area (Å²) in [6.07, 6.45) is 3.72. The van der Waals surface area contributed by atoms with Crippen molar-refractivity contribution in [1.29, 1.82) is 0 Å². The average molecular weight is 273 g/mol. The van der Waals surface area contributed by atoms with Gasteiger partial charge in [-0.05, 0) is 19.1 Å². The molecule has 0 radical (unpaired) electrons. The average Bonchev–Trinajstić information content (AvgIpc) is 2.92. The molecule has 1 aliphatic rings. The van der Waals surface area contributed by atoms with Crippen LogP contribution in [-0.2, 0) is 11.3 Å². The molecule has 2 aromatic rings. The Morgan fingerprint density at radius 2 is 2.15 bits per heavy atom. The smallest absolute Gasteiger partial charge is 0.128 e. The van der Waals surface area contributed by atoms with Gasteiger partial charge < -0.3 is 15.0 Å². The van der Waals surface area contributed by atoms with Crippen LogP contribution in [0.2, 0.25) is 0 Å². The predicted octanol–water partition coefficient (Wildman–Crippen LogP) is 1.56. The minimum absolute atomic E-state index is 0.751. The maximum absolute atomic E-state index is 5.35. The fraction of sp³-hybridized carbons (Fsp3) is 0.429. The van der Waals surface area contributed by atoms with Gasteiger partial charge in [-0.2, -0.15) is 5.10 Å². The van der Waals surface area contributed by atoms with Crippen LogP contribution in [-0.4, -0.2) is 41.5 Å². The normalized spacial score (nSPS) is 15.3. The van der Waals surface area contributed by atoms with Gasteiger partial charge in [0, 0.05) is 30.9 Å². The van der Waals surface area contributed by atoms with Crippen molar-refractivity contribution >= 4 is 11.5 Å². The van der Waals surface area contributed by atoms with Crippen LogP contribution in [0.25, 0.3) is 0 Å². The number of aromatic nitrogens is 3. The number of hydrogen-bond acceptors (Lipinski definition) is 5. The molecule has 0 amide bonds. The van der Waals surface area contributed by atoms with E-state index >= 15 is 0 Å². The highest BCUT2D eigenvalue weighted by atomic mass is 16.5. The molecule has 2 aromatic heterocycles. The Balaban J connectivity index is 1.59. The van der Waals surface area contributed by atoms with Crippen molar-refractivity contribution in [2.24, 2.45) is 0 Å². The van der Waals surface area contributed by atoms with E-state index in [-0.39, 0.29) is 0 Å². The topological polar surface area (TPSA) is 66.1 Å². The van der Waals surface area contributed by atoms with E-state index in [4.69, 9.17) is 4.74 Å². The highest BCUT2D eigenvalue weighted by molar-refractivity contribution is 5.49. The lowest BCUT2D eigenvalue weighted by Gasteiger charge is -2.27. The lowest BCUT2D eigenvalue weighted by Crippen LogP contribution is -2.36. The van der Waals surface area contributed by atoms with Gasteiger partial charge in [0.25, 0.3) is 0 Å². The Bertz CT molecular complexity index is 545. The van der Waals surface area contributed by atoms with Gasteiger partial charge in [0.1, 0.15) is 5.82 Å². The van der Waals surface area contributed by atoms with E-state index in [0.29, 0.717) is 0 Å².